The number of H-pyrrole nitrogens is 1. The molecule has 1 fully saturated rings. The summed E-state index contributed by atoms with van der Waals surface area (Å²) in [6.45, 7) is 7.37. The Morgan fingerprint density at radius 2 is 1.68 bits per heavy atom. The summed E-state index contributed by atoms with van der Waals surface area (Å²) >= 11 is 8.31. The van der Waals surface area contributed by atoms with Gasteiger partial charge in [0.15, 0.2) is 0 Å². The predicted octanol–water partition coefficient (Wildman–Crippen LogP) is 8.25. The number of nitrogens with one attached hydrogen (secondary N) is 1. The number of para-hydroxylation sites is 2. The Balaban J connectivity index is 1.42. The van der Waals surface area contributed by atoms with Crippen molar-refractivity contribution in [3.05, 3.63) is 99.6 Å². The van der Waals surface area contributed by atoms with E-state index in [1.807, 2.05) is 53.4 Å². The van der Waals surface area contributed by atoms with Crippen molar-refractivity contribution in [3.8, 4) is 0 Å². The van der Waals surface area contributed by atoms with Crippen LogP contribution in [0.1, 0.15) is 65.8 Å². The molecular weight excluding hydrogens is 536 g/mol. The van der Waals surface area contributed by atoms with Crippen molar-refractivity contribution in [2.45, 2.75) is 58.2 Å². The second kappa shape index (κ2) is 11.7. The van der Waals surface area contributed by atoms with Crippen LogP contribution < -0.4 is 0 Å². The van der Waals surface area contributed by atoms with Crippen molar-refractivity contribution in [2.75, 3.05) is 13.1 Å². The molecule has 206 valence electrons. The molecule has 5 aromatic rings. The minimum absolute atomic E-state index is 0.0554. The summed E-state index contributed by atoms with van der Waals surface area (Å²) in [7, 11) is 0. The fraction of sp³-hybridized carbons (Fsp3) is 0.333. The van der Waals surface area contributed by atoms with Gasteiger partial charge >= 0.3 is 0 Å². The first kappa shape index (κ1) is 27.0. The molecule has 1 unspecified atom stereocenters. The van der Waals surface area contributed by atoms with Crippen LogP contribution in [-0.4, -0.2) is 44.8 Å². The number of fused-ring (bicyclic) bond motifs is 2. The van der Waals surface area contributed by atoms with Gasteiger partial charge in [-0.15, -0.1) is 11.3 Å². The second-order valence-corrected chi connectivity index (χ2v) is 12.4. The molecule has 0 aliphatic carbocycles. The molecule has 7 heteroatoms. The SMILES string of the molecule is CC(C)N(C(=O)c1sc2ccccc2c1Cl)C(Cc1ccccc1CN1CCCCC1)c1nc2ccccc2[nH]1. The van der Waals surface area contributed by atoms with Crippen LogP contribution in [0, 0.1) is 0 Å². The standard InChI is InChI=1S/C33H35ClN4OS/c1-22(2)38(33(39)31-30(34)25-14-6-9-17-29(25)40-31)28(32-35-26-15-7-8-16-27(26)36-32)20-23-12-4-5-13-24(23)21-37-18-10-3-11-19-37/h4-9,12-17,22,28H,3,10-11,18-21H2,1-2H3,(H,35,36). The fourth-order valence-corrected chi connectivity index (χ4v) is 7.40. The third-order valence-electron chi connectivity index (χ3n) is 7.95. The third kappa shape index (κ3) is 5.40. The molecule has 40 heavy (non-hydrogen) atoms. The first-order valence-corrected chi connectivity index (χ1v) is 15.4. The maximum absolute atomic E-state index is 14.4. The van der Waals surface area contributed by atoms with E-state index in [-0.39, 0.29) is 18.0 Å². The average molecular weight is 571 g/mol. The number of halogens is 1. The molecule has 5 nitrogen and oxygen atoms in total. The van der Waals surface area contributed by atoms with E-state index < -0.39 is 0 Å². The van der Waals surface area contributed by atoms with Crippen LogP contribution in [0.2, 0.25) is 5.02 Å². The van der Waals surface area contributed by atoms with Crippen LogP contribution in [0.3, 0.4) is 0 Å². The molecule has 3 heterocycles. The highest BCUT2D eigenvalue weighted by molar-refractivity contribution is 7.21. The van der Waals surface area contributed by atoms with Crippen LogP contribution in [0.4, 0.5) is 0 Å². The number of nitrogens with zero attached hydrogens (tertiary/aromatic N) is 3. The second-order valence-electron chi connectivity index (χ2n) is 11.0. The minimum atomic E-state index is -0.288. The lowest BCUT2D eigenvalue weighted by Crippen LogP contribution is -2.41. The number of carbonyl (C=O) groups is 1. The molecule has 1 amide bonds. The maximum Gasteiger partial charge on any atom is 0.266 e. The van der Waals surface area contributed by atoms with Crippen LogP contribution in [0.15, 0.2) is 72.8 Å². The zero-order chi connectivity index (χ0) is 27.6. The number of carbonyl (C=O) groups excluding carboxylic acids is 1. The van der Waals surface area contributed by atoms with Gasteiger partial charge in [0.1, 0.15) is 10.7 Å². The zero-order valence-electron chi connectivity index (χ0n) is 23.1. The number of thiophene rings is 1. The lowest BCUT2D eigenvalue weighted by molar-refractivity contribution is 0.0600. The maximum atomic E-state index is 14.4. The van der Waals surface area contributed by atoms with E-state index in [9.17, 15) is 4.79 Å². The molecule has 0 radical (unpaired) electrons. The number of hydrogen-bond donors (Lipinski definition) is 1. The highest BCUT2D eigenvalue weighted by Crippen LogP contribution is 2.38. The fourth-order valence-electron chi connectivity index (χ4n) is 5.94. The van der Waals surface area contributed by atoms with Gasteiger partial charge in [-0.05, 0) is 69.1 Å². The number of likely N-dealkylation sites (tertiary alicyclic amines) is 1. The van der Waals surface area contributed by atoms with Gasteiger partial charge < -0.3 is 9.88 Å². The Hall–Kier alpha value is -3.19. The Bertz CT molecular complexity index is 1600. The normalized spacial score (nSPS) is 15.2. The van der Waals surface area contributed by atoms with Crippen LogP contribution in [0.5, 0.6) is 0 Å². The number of benzene rings is 3. The number of aromatic nitrogens is 2. The highest BCUT2D eigenvalue weighted by atomic mass is 35.5. The van der Waals surface area contributed by atoms with Gasteiger partial charge in [0.2, 0.25) is 0 Å². The van der Waals surface area contributed by atoms with Gasteiger partial charge in [0.25, 0.3) is 5.91 Å². The predicted molar refractivity (Wildman–Crippen MR) is 166 cm³/mol. The summed E-state index contributed by atoms with van der Waals surface area (Å²) < 4.78 is 1.02. The molecule has 1 aliphatic heterocycles. The molecule has 0 saturated carbocycles. The molecular formula is C33H35ClN4OS. The Kier molecular flexibility index (Phi) is 7.92. The van der Waals surface area contributed by atoms with Crippen molar-refractivity contribution in [2.24, 2.45) is 0 Å². The number of hydrogen-bond acceptors (Lipinski definition) is 4. The molecule has 2 aromatic heterocycles. The van der Waals surface area contributed by atoms with E-state index in [1.54, 1.807) is 0 Å². The van der Waals surface area contributed by atoms with Crippen molar-refractivity contribution >= 4 is 50.0 Å². The van der Waals surface area contributed by atoms with E-state index in [0.717, 1.165) is 46.6 Å². The summed E-state index contributed by atoms with van der Waals surface area (Å²) in [5.41, 5.74) is 4.45. The number of rotatable bonds is 8. The average Bonchev–Trinajstić information content (AvgIpc) is 3.55. The van der Waals surface area contributed by atoms with Crippen molar-refractivity contribution in [1.29, 1.82) is 0 Å². The minimum Gasteiger partial charge on any atom is -0.340 e. The van der Waals surface area contributed by atoms with Gasteiger partial charge in [-0.3, -0.25) is 9.69 Å². The first-order chi connectivity index (χ1) is 19.5. The largest absolute Gasteiger partial charge is 0.340 e. The Labute approximate surface area is 244 Å². The molecule has 0 bridgehead atoms. The summed E-state index contributed by atoms with van der Waals surface area (Å²) in [6, 6.07) is 24.3. The number of amides is 1. The van der Waals surface area contributed by atoms with Crippen molar-refractivity contribution in [1.82, 2.24) is 19.8 Å². The molecule has 3 aromatic carbocycles. The molecule has 1 aliphatic rings. The van der Waals surface area contributed by atoms with E-state index in [1.165, 1.54) is 41.7 Å². The topological polar surface area (TPSA) is 52.2 Å². The van der Waals surface area contributed by atoms with E-state index in [2.05, 4.69) is 48.0 Å². The highest BCUT2D eigenvalue weighted by Gasteiger charge is 2.34. The molecule has 1 N–H and O–H groups in total. The summed E-state index contributed by atoms with van der Waals surface area (Å²) in [5.74, 6) is 0.744. The van der Waals surface area contributed by atoms with Crippen molar-refractivity contribution < 1.29 is 4.79 Å². The summed E-state index contributed by atoms with van der Waals surface area (Å²) in [6.07, 6.45) is 4.50. The lowest BCUT2D eigenvalue weighted by atomic mass is 9.96. The quantitative estimate of drug-likeness (QED) is 0.204. The van der Waals surface area contributed by atoms with Gasteiger partial charge in [0.05, 0.1) is 22.1 Å². The molecule has 1 saturated heterocycles. The van der Waals surface area contributed by atoms with Gasteiger partial charge in [0, 0.05) is 29.1 Å². The van der Waals surface area contributed by atoms with Crippen molar-refractivity contribution in [3.63, 3.8) is 0 Å². The molecule has 1 atom stereocenters. The third-order valence-corrected chi connectivity index (χ3v) is 9.62. The van der Waals surface area contributed by atoms with E-state index in [4.69, 9.17) is 16.6 Å². The van der Waals surface area contributed by atoms with Gasteiger partial charge in [-0.1, -0.05) is 72.6 Å². The van der Waals surface area contributed by atoms with Gasteiger partial charge in [-0.25, -0.2) is 4.98 Å². The number of aromatic amines is 1. The van der Waals surface area contributed by atoms with Crippen LogP contribution in [0.25, 0.3) is 21.1 Å². The van der Waals surface area contributed by atoms with Gasteiger partial charge in [-0.2, -0.15) is 0 Å². The van der Waals surface area contributed by atoms with Crippen LogP contribution >= 0.6 is 22.9 Å². The first-order valence-electron chi connectivity index (χ1n) is 14.2. The summed E-state index contributed by atoms with van der Waals surface area (Å²) in [5, 5.41) is 1.46. The Morgan fingerprint density at radius 3 is 2.42 bits per heavy atom. The lowest BCUT2D eigenvalue weighted by Gasteiger charge is -2.35. The monoisotopic (exact) mass is 570 g/mol. The molecule has 0 spiro atoms. The number of piperidine rings is 1. The van der Waals surface area contributed by atoms with E-state index >= 15 is 0 Å². The van der Waals surface area contributed by atoms with Crippen LogP contribution in [-0.2, 0) is 13.0 Å². The Morgan fingerprint density at radius 1 is 0.975 bits per heavy atom. The van der Waals surface area contributed by atoms with E-state index in [0.29, 0.717) is 16.3 Å². The smallest absolute Gasteiger partial charge is 0.266 e. The molecule has 6 rings (SSSR count). The summed E-state index contributed by atoms with van der Waals surface area (Å²) in [4.78, 5) is 28.1. The number of imidazole rings is 1. The zero-order valence-corrected chi connectivity index (χ0v) is 24.6.